The molecule has 3 heterocycles. The van der Waals surface area contributed by atoms with Gasteiger partial charge in [0.2, 0.25) is 0 Å². The Balaban J connectivity index is 0.00000306. The Bertz CT molecular complexity index is 848. The van der Waals surface area contributed by atoms with Crippen LogP contribution in [0.1, 0.15) is 49.5 Å². The Labute approximate surface area is 213 Å². The molecule has 2 fully saturated rings. The number of benzene rings is 1. The molecule has 0 spiro atoms. The molecule has 6 nitrogen and oxygen atoms in total. The first-order chi connectivity index (χ1) is 15.7. The quantitative estimate of drug-likeness (QED) is 0.292. The fourth-order valence-electron chi connectivity index (χ4n) is 4.92. The van der Waals surface area contributed by atoms with E-state index >= 15 is 0 Å². The molecule has 0 amide bonds. The second kappa shape index (κ2) is 12.7. The molecule has 8 heteroatoms. The van der Waals surface area contributed by atoms with Crippen molar-refractivity contribution >= 4 is 29.9 Å². The van der Waals surface area contributed by atoms with E-state index in [2.05, 4.69) is 26.6 Å². The second-order valence-electron chi connectivity index (χ2n) is 8.83. The normalized spacial score (nSPS) is 20.0. The molecule has 2 aromatic rings. The standard InChI is InChI=1S/C25H35FN4O2.HI/c1-27-24(28-18-22(23-6-5-15-32-23)30-13-3-2-4-14-30)29-19-25(11-16-31-17-12-25)20-7-9-21(26)10-8-20;/h5-10,15,22H,2-4,11-14,16-19H2,1H3,(H2,27,28,29);1H. The number of piperidine rings is 1. The number of nitrogens with zero attached hydrogens (tertiary/aromatic N) is 2. The first-order valence-electron chi connectivity index (χ1n) is 11.8. The largest absolute Gasteiger partial charge is 0.468 e. The maximum Gasteiger partial charge on any atom is 0.191 e. The summed E-state index contributed by atoms with van der Waals surface area (Å²) in [6.45, 7) is 5.04. The van der Waals surface area contributed by atoms with Crippen molar-refractivity contribution in [3.63, 3.8) is 0 Å². The number of guanidine groups is 1. The topological polar surface area (TPSA) is 62.0 Å². The first-order valence-corrected chi connectivity index (χ1v) is 11.8. The van der Waals surface area contributed by atoms with Crippen molar-refractivity contribution in [3.8, 4) is 0 Å². The second-order valence-corrected chi connectivity index (χ2v) is 8.83. The van der Waals surface area contributed by atoms with E-state index in [0.29, 0.717) is 13.2 Å². The number of rotatable bonds is 7. The summed E-state index contributed by atoms with van der Waals surface area (Å²) in [5.74, 6) is 1.55. The molecule has 0 saturated carbocycles. The van der Waals surface area contributed by atoms with Gasteiger partial charge < -0.3 is 19.8 Å². The lowest BCUT2D eigenvalue weighted by Crippen LogP contribution is -2.49. The summed E-state index contributed by atoms with van der Waals surface area (Å²) in [5.41, 5.74) is 1.04. The number of nitrogens with one attached hydrogen (secondary N) is 2. The van der Waals surface area contributed by atoms with Gasteiger partial charge in [0.25, 0.3) is 0 Å². The summed E-state index contributed by atoms with van der Waals surface area (Å²) >= 11 is 0. The van der Waals surface area contributed by atoms with Crippen molar-refractivity contribution in [2.24, 2.45) is 4.99 Å². The molecule has 2 saturated heterocycles. The van der Waals surface area contributed by atoms with Crippen molar-refractivity contribution in [2.45, 2.75) is 43.6 Å². The molecule has 33 heavy (non-hydrogen) atoms. The molecule has 2 aliphatic heterocycles. The highest BCUT2D eigenvalue weighted by Gasteiger charge is 2.35. The van der Waals surface area contributed by atoms with Gasteiger partial charge in [-0.2, -0.15) is 0 Å². The van der Waals surface area contributed by atoms with Gasteiger partial charge in [-0.3, -0.25) is 9.89 Å². The van der Waals surface area contributed by atoms with Gasteiger partial charge in [-0.05, 0) is 68.6 Å². The molecule has 0 aliphatic carbocycles. The summed E-state index contributed by atoms with van der Waals surface area (Å²) in [5, 5.41) is 7.06. The van der Waals surface area contributed by atoms with Crippen LogP contribution < -0.4 is 10.6 Å². The predicted octanol–water partition coefficient (Wildman–Crippen LogP) is 4.48. The Morgan fingerprint density at radius 1 is 1.09 bits per heavy atom. The number of hydrogen-bond acceptors (Lipinski definition) is 4. The van der Waals surface area contributed by atoms with Gasteiger partial charge in [0.15, 0.2) is 5.96 Å². The molecule has 1 aromatic heterocycles. The average molecular weight is 570 g/mol. The van der Waals surface area contributed by atoms with Gasteiger partial charge in [-0.25, -0.2) is 4.39 Å². The van der Waals surface area contributed by atoms with E-state index in [4.69, 9.17) is 9.15 Å². The number of likely N-dealkylation sites (tertiary alicyclic amines) is 1. The van der Waals surface area contributed by atoms with Gasteiger partial charge in [0.1, 0.15) is 11.6 Å². The zero-order valence-corrected chi connectivity index (χ0v) is 21.7. The van der Waals surface area contributed by atoms with E-state index in [1.54, 1.807) is 25.4 Å². The highest BCUT2D eigenvalue weighted by Crippen LogP contribution is 2.34. The van der Waals surface area contributed by atoms with Gasteiger partial charge in [-0.1, -0.05) is 18.6 Å². The SMILES string of the molecule is CN=C(NCC(c1ccco1)N1CCCCC1)NCC1(c2ccc(F)cc2)CCOCC1.I. The van der Waals surface area contributed by atoms with Gasteiger partial charge in [0, 0.05) is 38.8 Å². The molecular weight excluding hydrogens is 534 g/mol. The van der Waals surface area contributed by atoms with Crippen LogP contribution in [0, 0.1) is 5.82 Å². The van der Waals surface area contributed by atoms with Crippen molar-refractivity contribution in [1.82, 2.24) is 15.5 Å². The summed E-state index contributed by atoms with van der Waals surface area (Å²) in [4.78, 5) is 6.96. The lowest BCUT2D eigenvalue weighted by atomic mass is 9.74. The fourth-order valence-corrected chi connectivity index (χ4v) is 4.92. The highest BCUT2D eigenvalue weighted by atomic mass is 127. The van der Waals surface area contributed by atoms with Gasteiger partial charge in [0.05, 0.1) is 12.3 Å². The highest BCUT2D eigenvalue weighted by molar-refractivity contribution is 14.0. The maximum absolute atomic E-state index is 13.5. The van der Waals surface area contributed by atoms with E-state index < -0.39 is 0 Å². The summed E-state index contributed by atoms with van der Waals surface area (Å²) in [6.07, 6.45) is 7.29. The molecule has 0 radical (unpaired) electrons. The Hall–Kier alpha value is -1.65. The molecule has 2 aliphatic rings. The predicted molar refractivity (Wildman–Crippen MR) is 140 cm³/mol. The van der Waals surface area contributed by atoms with Crippen LogP contribution in [0.4, 0.5) is 4.39 Å². The number of hydrogen-bond donors (Lipinski definition) is 2. The first kappa shape index (κ1) is 26.0. The fraction of sp³-hybridized carbons (Fsp3) is 0.560. The van der Waals surface area contributed by atoms with Crippen LogP contribution in [0.3, 0.4) is 0 Å². The van der Waals surface area contributed by atoms with Gasteiger partial charge in [-0.15, -0.1) is 24.0 Å². The lowest BCUT2D eigenvalue weighted by molar-refractivity contribution is 0.0513. The lowest BCUT2D eigenvalue weighted by Gasteiger charge is -2.38. The minimum atomic E-state index is -0.205. The number of furan rings is 1. The monoisotopic (exact) mass is 570 g/mol. The van der Waals surface area contributed by atoms with Crippen LogP contribution in [0.2, 0.25) is 0 Å². The van der Waals surface area contributed by atoms with E-state index in [9.17, 15) is 4.39 Å². The van der Waals surface area contributed by atoms with Crippen LogP contribution in [0.15, 0.2) is 52.1 Å². The zero-order chi connectivity index (χ0) is 22.2. The van der Waals surface area contributed by atoms with Crippen LogP contribution in [-0.2, 0) is 10.2 Å². The Morgan fingerprint density at radius 3 is 2.45 bits per heavy atom. The minimum Gasteiger partial charge on any atom is -0.468 e. The number of ether oxygens (including phenoxy) is 1. The third kappa shape index (κ3) is 6.70. The summed E-state index contributed by atoms with van der Waals surface area (Å²) in [7, 11) is 1.80. The van der Waals surface area contributed by atoms with Crippen LogP contribution in [-0.4, -0.2) is 57.3 Å². The molecule has 182 valence electrons. The van der Waals surface area contributed by atoms with Crippen LogP contribution >= 0.6 is 24.0 Å². The van der Waals surface area contributed by atoms with E-state index in [0.717, 1.165) is 56.3 Å². The smallest absolute Gasteiger partial charge is 0.191 e. The summed E-state index contributed by atoms with van der Waals surface area (Å²) < 4.78 is 24.9. The Morgan fingerprint density at radius 2 is 1.82 bits per heavy atom. The molecular formula is C25H36FIN4O2. The Kier molecular flexibility index (Phi) is 10.0. The molecule has 2 N–H and O–H groups in total. The maximum atomic E-state index is 13.5. The van der Waals surface area contributed by atoms with Crippen molar-refractivity contribution < 1.29 is 13.5 Å². The molecule has 0 bridgehead atoms. The van der Waals surface area contributed by atoms with Crippen molar-refractivity contribution in [2.75, 3.05) is 46.4 Å². The summed E-state index contributed by atoms with van der Waals surface area (Å²) in [6, 6.07) is 11.1. The average Bonchev–Trinajstić information content (AvgIpc) is 3.37. The van der Waals surface area contributed by atoms with Gasteiger partial charge >= 0.3 is 0 Å². The number of halogens is 2. The van der Waals surface area contributed by atoms with Crippen LogP contribution in [0.5, 0.6) is 0 Å². The minimum absolute atomic E-state index is 0. The molecule has 4 rings (SSSR count). The van der Waals surface area contributed by atoms with E-state index in [1.165, 1.54) is 19.3 Å². The van der Waals surface area contributed by atoms with Crippen molar-refractivity contribution in [3.05, 3.63) is 59.8 Å². The third-order valence-corrected chi connectivity index (χ3v) is 6.89. The molecule has 1 unspecified atom stereocenters. The van der Waals surface area contributed by atoms with Crippen LogP contribution in [0.25, 0.3) is 0 Å². The van der Waals surface area contributed by atoms with E-state index in [-0.39, 0.29) is 41.3 Å². The van der Waals surface area contributed by atoms with E-state index in [1.807, 2.05) is 18.2 Å². The third-order valence-electron chi connectivity index (χ3n) is 6.89. The van der Waals surface area contributed by atoms with Crippen molar-refractivity contribution in [1.29, 1.82) is 0 Å². The zero-order valence-electron chi connectivity index (χ0n) is 19.4. The molecule has 1 atom stereocenters. The number of aliphatic imine (C=N–C) groups is 1. The molecule has 1 aromatic carbocycles.